The molecule has 0 aliphatic carbocycles. The van der Waals surface area contributed by atoms with E-state index in [4.69, 9.17) is 0 Å². The molecule has 4 rings (SSSR count). The first-order chi connectivity index (χ1) is 16.5. The number of nitrogens with zero attached hydrogens (tertiary/aromatic N) is 2. The van der Waals surface area contributed by atoms with E-state index in [1.807, 2.05) is 27.7 Å². The molecule has 0 spiro atoms. The van der Waals surface area contributed by atoms with E-state index < -0.39 is 63.7 Å². The summed E-state index contributed by atoms with van der Waals surface area (Å²) in [5, 5.41) is 12.8. The number of aromatic nitrogens is 1. The third-order valence-corrected chi connectivity index (χ3v) is 6.55. The molecule has 0 radical (unpaired) electrons. The minimum Gasteiger partial charge on any atom is -0.503 e. The summed E-state index contributed by atoms with van der Waals surface area (Å²) in [7, 11) is 0. The van der Waals surface area contributed by atoms with Gasteiger partial charge < -0.3 is 19.9 Å². The second-order valence-corrected chi connectivity index (χ2v) is 9.14. The standard InChI is InChI=1S/C23H24F3N3O4.C2H6/c1-12-4-3-5-23(2)11-28-10-15(19(30)20(31)18(28)22(33)29(23)9-12)21(32)27-8-14-16(25)6-13(24)7-17(14)26;1-2/h6-7,10,12,31H,3-5,8-9,11H2,1-2H3,(H,27,32);1-2H3/t12-,23+;/m1./s1. The van der Waals surface area contributed by atoms with E-state index in [9.17, 15) is 32.7 Å². The smallest absolute Gasteiger partial charge is 0.275 e. The first-order valence-electron chi connectivity index (χ1n) is 11.7. The van der Waals surface area contributed by atoms with E-state index in [1.165, 1.54) is 10.8 Å². The molecular weight excluding hydrogens is 463 g/mol. The lowest BCUT2D eigenvalue weighted by atomic mass is 9.91. The Hall–Kier alpha value is -3.30. The molecule has 2 aromatic rings. The van der Waals surface area contributed by atoms with Crippen molar-refractivity contribution in [3.63, 3.8) is 0 Å². The van der Waals surface area contributed by atoms with Gasteiger partial charge in [0.2, 0.25) is 5.43 Å². The van der Waals surface area contributed by atoms with E-state index in [0.717, 1.165) is 19.3 Å². The second-order valence-electron chi connectivity index (χ2n) is 9.14. The van der Waals surface area contributed by atoms with Gasteiger partial charge >= 0.3 is 0 Å². The Balaban J connectivity index is 0.00000167. The SMILES string of the molecule is CC.C[C@@H]1CCC[C@@]2(C)Cn3cc(C(=O)NCc4c(F)cc(F)cc4F)c(=O)c(O)c3C(=O)N2C1. The molecule has 2 aliphatic heterocycles. The maximum atomic E-state index is 13.9. The number of carbonyl (C=O) groups excluding carboxylic acids is 2. The Bertz CT molecular complexity index is 1190. The maximum Gasteiger partial charge on any atom is 0.275 e. The number of benzene rings is 1. The highest BCUT2D eigenvalue weighted by Gasteiger charge is 2.44. The summed E-state index contributed by atoms with van der Waals surface area (Å²) in [6.07, 6.45) is 3.77. The molecule has 1 saturated heterocycles. The van der Waals surface area contributed by atoms with Crippen molar-refractivity contribution in [2.24, 2.45) is 5.92 Å². The molecule has 3 heterocycles. The Morgan fingerprint density at radius 3 is 2.46 bits per heavy atom. The average Bonchev–Trinajstić information content (AvgIpc) is 2.94. The molecule has 35 heavy (non-hydrogen) atoms. The minimum absolute atomic E-state index is 0.182. The number of pyridine rings is 1. The van der Waals surface area contributed by atoms with Crippen LogP contribution in [0, 0.1) is 23.4 Å². The number of nitrogens with one attached hydrogen (secondary N) is 1. The summed E-state index contributed by atoms with van der Waals surface area (Å²) in [5.74, 6) is -5.49. The Kier molecular flexibility index (Phi) is 7.62. The van der Waals surface area contributed by atoms with Crippen LogP contribution in [0.4, 0.5) is 13.2 Å². The molecular formula is C25H30F3N3O4. The Morgan fingerprint density at radius 2 is 1.83 bits per heavy atom. The van der Waals surface area contributed by atoms with E-state index in [1.54, 1.807) is 4.90 Å². The van der Waals surface area contributed by atoms with Crippen molar-refractivity contribution in [1.29, 1.82) is 0 Å². The third-order valence-electron chi connectivity index (χ3n) is 6.55. The normalized spacial score (nSPS) is 21.3. The summed E-state index contributed by atoms with van der Waals surface area (Å²) < 4.78 is 42.2. The Labute approximate surface area is 201 Å². The zero-order valence-electron chi connectivity index (χ0n) is 20.3. The van der Waals surface area contributed by atoms with Crippen LogP contribution in [0.3, 0.4) is 0 Å². The zero-order valence-corrected chi connectivity index (χ0v) is 20.3. The van der Waals surface area contributed by atoms with Gasteiger partial charge in [0.05, 0.1) is 5.54 Å². The lowest BCUT2D eigenvalue weighted by Gasteiger charge is -2.45. The van der Waals surface area contributed by atoms with Gasteiger partial charge in [0.15, 0.2) is 11.4 Å². The summed E-state index contributed by atoms with van der Waals surface area (Å²) in [6.45, 7) is 8.11. The van der Waals surface area contributed by atoms with Crippen LogP contribution in [0.15, 0.2) is 23.1 Å². The molecule has 0 bridgehead atoms. The molecule has 2 aliphatic rings. The van der Waals surface area contributed by atoms with Gasteiger partial charge in [-0.25, -0.2) is 13.2 Å². The van der Waals surface area contributed by atoms with Crippen molar-refractivity contribution in [3.8, 4) is 5.75 Å². The highest BCUT2D eigenvalue weighted by atomic mass is 19.1. The van der Waals surface area contributed by atoms with Crippen LogP contribution in [0.25, 0.3) is 0 Å². The lowest BCUT2D eigenvalue weighted by Crippen LogP contribution is -2.57. The van der Waals surface area contributed by atoms with Gasteiger partial charge in [0.25, 0.3) is 11.8 Å². The second kappa shape index (κ2) is 10.1. The highest BCUT2D eigenvalue weighted by Crippen LogP contribution is 2.37. The molecule has 0 unspecified atom stereocenters. The van der Waals surface area contributed by atoms with Gasteiger partial charge in [0.1, 0.15) is 23.0 Å². The molecule has 0 saturated carbocycles. The molecule has 1 aromatic carbocycles. The number of carbonyl (C=O) groups is 2. The molecule has 1 aromatic heterocycles. The van der Waals surface area contributed by atoms with Crippen molar-refractivity contribution >= 4 is 11.8 Å². The fraction of sp³-hybridized carbons (Fsp3) is 0.480. The number of fused-ring (bicyclic) bond motifs is 2. The van der Waals surface area contributed by atoms with Crippen LogP contribution >= 0.6 is 0 Å². The number of rotatable bonds is 3. The van der Waals surface area contributed by atoms with E-state index in [-0.39, 0.29) is 18.2 Å². The predicted molar refractivity (Wildman–Crippen MR) is 124 cm³/mol. The van der Waals surface area contributed by atoms with Crippen LogP contribution in [0.2, 0.25) is 0 Å². The van der Waals surface area contributed by atoms with E-state index >= 15 is 0 Å². The van der Waals surface area contributed by atoms with Crippen molar-refractivity contribution in [2.75, 3.05) is 6.54 Å². The van der Waals surface area contributed by atoms with Gasteiger partial charge in [-0.15, -0.1) is 0 Å². The van der Waals surface area contributed by atoms with Crippen LogP contribution in [-0.4, -0.2) is 38.5 Å². The first kappa shape index (κ1) is 26.3. The molecule has 2 N–H and O–H groups in total. The number of amides is 2. The fourth-order valence-electron chi connectivity index (χ4n) is 4.74. The lowest BCUT2D eigenvalue weighted by molar-refractivity contribution is 0.0328. The largest absolute Gasteiger partial charge is 0.503 e. The van der Waals surface area contributed by atoms with Crippen molar-refractivity contribution in [1.82, 2.24) is 14.8 Å². The highest BCUT2D eigenvalue weighted by molar-refractivity contribution is 5.99. The van der Waals surface area contributed by atoms with Gasteiger partial charge in [-0.1, -0.05) is 27.2 Å². The van der Waals surface area contributed by atoms with Gasteiger partial charge in [-0.05, 0) is 25.7 Å². The summed E-state index contributed by atoms with van der Waals surface area (Å²) in [4.78, 5) is 40.3. The van der Waals surface area contributed by atoms with E-state index in [2.05, 4.69) is 5.32 Å². The van der Waals surface area contributed by atoms with Gasteiger partial charge in [0, 0.05) is 43.5 Å². The summed E-state index contributed by atoms with van der Waals surface area (Å²) in [6, 6.07) is 0.964. The van der Waals surface area contributed by atoms with Crippen molar-refractivity contribution < 1.29 is 27.9 Å². The van der Waals surface area contributed by atoms with Gasteiger partial charge in [-0.3, -0.25) is 14.4 Å². The van der Waals surface area contributed by atoms with Crippen LogP contribution in [-0.2, 0) is 13.1 Å². The monoisotopic (exact) mass is 493 g/mol. The van der Waals surface area contributed by atoms with Crippen molar-refractivity contribution in [2.45, 2.75) is 65.6 Å². The van der Waals surface area contributed by atoms with Crippen molar-refractivity contribution in [3.05, 3.63) is 62.8 Å². The quantitative estimate of drug-likeness (QED) is 0.677. The fourth-order valence-corrected chi connectivity index (χ4v) is 4.74. The predicted octanol–water partition coefficient (Wildman–Crippen LogP) is 3.96. The van der Waals surface area contributed by atoms with Crippen LogP contribution < -0.4 is 10.7 Å². The average molecular weight is 494 g/mol. The number of hydrogen-bond acceptors (Lipinski definition) is 4. The molecule has 190 valence electrons. The third kappa shape index (κ3) is 4.92. The molecule has 1 fully saturated rings. The summed E-state index contributed by atoms with van der Waals surface area (Å²) >= 11 is 0. The topological polar surface area (TPSA) is 91.6 Å². The minimum atomic E-state index is -1.18. The summed E-state index contributed by atoms with van der Waals surface area (Å²) in [5.41, 5.74) is -2.83. The molecule has 10 heteroatoms. The molecule has 2 atom stereocenters. The van der Waals surface area contributed by atoms with Gasteiger partial charge in [-0.2, -0.15) is 0 Å². The number of aromatic hydroxyl groups is 1. The first-order valence-corrected chi connectivity index (χ1v) is 11.7. The number of hydrogen-bond donors (Lipinski definition) is 2. The number of halogens is 3. The molecule has 7 nitrogen and oxygen atoms in total. The Morgan fingerprint density at radius 1 is 1.20 bits per heavy atom. The van der Waals surface area contributed by atoms with Crippen LogP contribution in [0.5, 0.6) is 5.75 Å². The zero-order chi connectivity index (χ0) is 26.1. The van der Waals surface area contributed by atoms with Crippen LogP contribution in [0.1, 0.15) is 73.4 Å². The maximum absolute atomic E-state index is 13.9. The molecule has 2 amide bonds. The van der Waals surface area contributed by atoms with E-state index in [0.29, 0.717) is 18.7 Å².